The van der Waals surface area contributed by atoms with E-state index < -0.39 is 17.7 Å². The third-order valence-electron chi connectivity index (χ3n) is 5.87. The number of aromatic nitrogens is 1. The van der Waals surface area contributed by atoms with Gasteiger partial charge in [-0.25, -0.2) is 0 Å². The Balaban J connectivity index is 1.67. The second-order valence-electron chi connectivity index (χ2n) is 8.10. The van der Waals surface area contributed by atoms with Crippen LogP contribution >= 0.6 is 0 Å². The molecule has 1 unspecified atom stereocenters. The smallest absolute Gasteiger partial charge is 0.300 e. The number of ether oxygens (including phenoxy) is 1. The van der Waals surface area contributed by atoms with E-state index in [4.69, 9.17) is 4.74 Å². The minimum atomic E-state index is -0.875. The molecule has 2 aliphatic heterocycles. The molecule has 0 radical (unpaired) electrons. The number of benzene rings is 2. The van der Waals surface area contributed by atoms with Crippen LogP contribution in [0, 0.1) is 0 Å². The van der Waals surface area contributed by atoms with Crippen molar-refractivity contribution in [3.05, 3.63) is 89.3 Å². The number of amides is 2. The number of Topliss-reactive ketones (excluding diaryl/α,β-unsaturated/α-hetero) is 1. The Morgan fingerprint density at radius 1 is 1.12 bits per heavy atom. The van der Waals surface area contributed by atoms with E-state index in [1.807, 2.05) is 0 Å². The first kappa shape index (κ1) is 21.4. The van der Waals surface area contributed by atoms with Gasteiger partial charge < -0.3 is 15.2 Å². The number of aliphatic hydroxyl groups excluding tert-OH is 1. The fraction of sp³-hybridized carbons (Fsp3) is 0.154. The standard InChI is InChI=1S/C26H21N3O5/c1-15(30)28-19-3-2-4-20(14-19)29-23(16-7-10-27-11-8-16)22(25(32)26(29)33)24(31)18-5-6-21-17(13-18)9-12-34-21/h2-8,10-11,13-14,23,31H,9,12H2,1H3,(H,28,30)/b24-22-. The molecule has 8 heteroatoms. The predicted octanol–water partition coefficient (Wildman–Crippen LogP) is 3.60. The van der Waals surface area contributed by atoms with E-state index in [9.17, 15) is 19.5 Å². The number of hydrogen-bond donors (Lipinski definition) is 2. The summed E-state index contributed by atoms with van der Waals surface area (Å²) in [6.07, 6.45) is 3.83. The Hall–Kier alpha value is -4.46. The minimum Gasteiger partial charge on any atom is -0.507 e. The number of anilines is 2. The largest absolute Gasteiger partial charge is 0.507 e. The lowest BCUT2D eigenvalue weighted by molar-refractivity contribution is -0.132. The zero-order valence-corrected chi connectivity index (χ0v) is 18.3. The van der Waals surface area contributed by atoms with Crippen LogP contribution in [0.3, 0.4) is 0 Å². The van der Waals surface area contributed by atoms with Crippen LogP contribution in [0.4, 0.5) is 11.4 Å². The first-order valence-electron chi connectivity index (χ1n) is 10.8. The monoisotopic (exact) mass is 455 g/mol. The van der Waals surface area contributed by atoms with E-state index in [0.717, 1.165) is 11.3 Å². The highest BCUT2D eigenvalue weighted by molar-refractivity contribution is 6.51. The number of hydrogen-bond acceptors (Lipinski definition) is 6. The van der Waals surface area contributed by atoms with Crippen LogP contribution in [0.2, 0.25) is 0 Å². The van der Waals surface area contributed by atoms with Crippen molar-refractivity contribution < 1.29 is 24.2 Å². The third-order valence-corrected chi connectivity index (χ3v) is 5.87. The summed E-state index contributed by atoms with van der Waals surface area (Å²) in [6, 6.07) is 14.4. The first-order chi connectivity index (χ1) is 16.4. The van der Waals surface area contributed by atoms with Gasteiger partial charge in [0.25, 0.3) is 11.7 Å². The highest BCUT2D eigenvalue weighted by Crippen LogP contribution is 2.43. The quantitative estimate of drug-likeness (QED) is 0.354. The third kappa shape index (κ3) is 3.69. The molecule has 1 fully saturated rings. The van der Waals surface area contributed by atoms with Crippen LogP contribution in [0.25, 0.3) is 5.76 Å². The lowest BCUT2D eigenvalue weighted by atomic mass is 9.95. The lowest BCUT2D eigenvalue weighted by Crippen LogP contribution is -2.29. The van der Waals surface area contributed by atoms with E-state index in [1.165, 1.54) is 11.8 Å². The van der Waals surface area contributed by atoms with Crippen LogP contribution in [-0.4, -0.2) is 34.3 Å². The van der Waals surface area contributed by atoms with Gasteiger partial charge in [0.1, 0.15) is 11.5 Å². The highest BCUT2D eigenvalue weighted by atomic mass is 16.5. The van der Waals surface area contributed by atoms with Crippen molar-refractivity contribution in [3.8, 4) is 5.75 Å². The van der Waals surface area contributed by atoms with Crippen LogP contribution in [0.1, 0.15) is 29.7 Å². The summed E-state index contributed by atoms with van der Waals surface area (Å²) < 4.78 is 5.54. The second-order valence-corrected chi connectivity index (χ2v) is 8.10. The summed E-state index contributed by atoms with van der Waals surface area (Å²) in [7, 11) is 0. The van der Waals surface area contributed by atoms with Crippen LogP contribution in [0.5, 0.6) is 5.75 Å². The molecule has 0 aliphatic carbocycles. The summed E-state index contributed by atoms with van der Waals surface area (Å²) in [6.45, 7) is 1.95. The SMILES string of the molecule is CC(=O)Nc1cccc(N2C(=O)C(=O)/C(=C(\O)c3ccc4c(c3)CCO4)C2c2ccncc2)c1. The van der Waals surface area contributed by atoms with Gasteiger partial charge in [0.05, 0.1) is 18.2 Å². The van der Waals surface area contributed by atoms with Gasteiger partial charge in [-0.05, 0) is 59.7 Å². The van der Waals surface area contributed by atoms with Crippen molar-refractivity contribution in [2.24, 2.45) is 0 Å². The van der Waals surface area contributed by atoms with Gasteiger partial charge in [0.2, 0.25) is 5.91 Å². The molecule has 170 valence electrons. The van der Waals surface area contributed by atoms with Crippen LogP contribution in [0.15, 0.2) is 72.6 Å². The maximum Gasteiger partial charge on any atom is 0.300 e. The molecule has 1 saturated heterocycles. The molecule has 0 saturated carbocycles. The van der Waals surface area contributed by atoms with Crippen LogP contribution < -0.4 is 15.0 Å². The maximum absolute atomic E-state index is 13.3. The Labute approximate surface area is 195 Å². The van der Waals surface area contributed by atoms with Gasteiger partial charge in [-0.15, -0.1) is 0 Å². The predicted molar refractivity (Wildman–Crippen MR) is 125 cm³/mol. The molecule has 0 bridgehead atoms. The fourth-order valence-corrected chi connectivity index (χ4v) is 4.39. The summed E-state index contributed by atoms with van der Waals surface area (Å²) in [5, 5.41) is 14.0. The van der Waals surface area contributed by atoms with Crippen molar-refractivity contribution in [2.75, 3.05) is 16.8 Å². The minimum absolute atomic E-state index is 0.0139. The summed E-state index contributed by atoms with van der Waals surface area (Å²) in [5.41, 5.74) is 2.87. The van der Waals surface area contributed by atoms with Crippen LogP contribution in [-0.2, 0) is 20.8 Å². The van der Waals surface area contributed by atoms with E-state index in [-0.39, 0.29) is 17.2 Å². The topological polar surface area (TPSA) is 109 Å². The van der Waals surface area contributed by atoms with E-state index in [2.05, 4.69) is 10.3 Å². The Kier molecular flexibility index (Phi) is 5.33. The number of carbonyl (C=O) groups is 3. The molecule has 2 aromatic carbocycles. The number of ketones is 1. The number of pyridine rings is 1. The Bertz CT molecular complexity index is 1350. The lowest BCUT2D eigenvalue weighted by Gasteiger charge is -2.25. The van der Waals surface area contributed by atoms with Crippen molar-refractivity contribution in [2.45, 2.75) is 19.4 Å². The number of aliphatic hydroxyl groups is 1. The van der Waals surface area contributed by atoms with Gasteiger partial charge in [-0.1, -0.05) is 6.07 Å². The van der Waals surface area contributed by atoms with Gasteiger partial charge in [0.15, 0.2) is 0 Å². The molecule has 3 aromatic rings. The van der Waals surface area contributed by atoms with Gasteiger partial charge in [-0.2, -0.15) is 0 Å². The molecule has 2 amide bonds. The number of nitrogens with zero attached hydrogens (tertiary/aromatic N) is 2. The van der Waals surface area contributed by atoms with E-state index >= 15 is 0 Å². The van der Waals surface area contributed by atoms with Crippen molar-refractivity contribution >= 4 is 34.7 Å². The number of fused-ring (bicyclic) bond motifs is 1. The summed E-state index contributed by atoms with van der Waals surface area (Å²) >= 11 is 0. The Morgan fingerprint density at radius 3 is 2.68 bits per heavy atom. The zero-order chi connectivity index (χ0) is 23.8. The molecular formula is C26H21N3O5. The fourth-order valence-electron chi connectivity index (χ4n) is 4.39. The molecule has 3 heterocycles. The van der Waals surface area contributed by atoms with Crippen molar-refractivity contribution in [3.63, 3.8) is 0 Å². The molecular weight excluding hydrogens is 434 g/mol. The van der Waals surface area contributed by atoms with Gasteiger partial charge >= 0.3 is 0 Å². The molecule has 1 aromatic heterocycles. The number of nitrogens with one attached hydrogen (secondary N) is 1. The molecule has 1 atom stereocenters. The second kappa shape index (κ2) is 8.47. The average molecular weight is 455 g/mol. The summed E-state index contributed by atoms with van der Waals surface area (Å²) in [5.74, 6) is -1.33. The highest BCUT2D eigenvalue weighted by Gasteiger charge is 2.47. The summed E-state index contributed by atoms with van der Waals surface area (Å²) in [4.78, 5) is 43.4. The first-order valence-corrected chi connectivity index (χ1v) is 10.8. The zero-order valence-electron chi connectivity index (χ0n) is 18.3. The van der Waals surface area contributed by atoms with Crippen molar-refractivity contribution in [1.29, 1.82) is 0 Å². The number of carbonyl (C=O) groups excluding carboxylic acids is 3. The average Bonchev–Trinajstić information content (AvgIpc) is 3.41. The molecule has 5 rings (SSSR count). The molecule has 34 heavy (non-hydrogen) atoms. The number of rotatable bonds is 4. The van der Waals surface area contributed by atoms with E-state index in [0.29, 0.717) is 35.5 Å². The molecule has 2 aliphatic rings. The normalized spacial score (nSPS) is 18.5. The van der Waals surface area contributed by atoms with Gasteiger partial charge in [0, 0.05) is 42.7 Å². The maximum atomic E-state index is 13.3. The van der Waals surface area contributed by atoms with Crippen molar-refractivity contribution in [1.82, 2.24) is 4.98 Å². The molecule has 2 N–H and O–H groups in total. The molecule has 0 spiro atoms. The molecule has 8 nitrogen and oxygen atoms in total. The van der Waals surface area contributed by atoms with E-state index in [1.54, 1.807) is 67.0 Å². The van der Waals surface area contributed by atoms with Gasteiger partial charge in [-0.3, -0.25) is 24.3 Å². The Morgan fingerprint density at radius 2 is 1.91 bits per heavy atom.